The monoisotopic (exact) mass is 357 g/mol. The summed E-state index contributed by atoms with van der Waals surface area (Å²) in [7, 11) is 1.73. The number of ether oxygens (including phenoxy) is 1. The van der Waals surface area contributed by atoms with Gasteiger partial charge >= 0.3 is 0 Å². The highest BCUT2D eigenvalue weighted by atomic mass is 127. The Kier molecular flexibility index (Phi) is 3.59. The summed E-state index contributed by atoms with van der Waals surface area (Å²) in [6, 6.07) is 6.96. The van der Waals surface area contributed by atoms with Crippen LogP contribution in [-0.4, -0.2) is 13.2 Å². The zero-order valence-electron chi connectivity index (χ0n) is 10.3. The average Bonchev–Trinajstić information content (AvgIpc) is 3.13. The fourth-order valence-electron chi connectivity index (χ4n) is 2.14. The maximum absolute atomic E-state index is 5.94. The second-order valence-corrected chi connectivity index (χ2v) is 5.98. The fourth-order valence-corrected chi connectivity index (χ4v) is 2.63. The summed E-state index contributed by atoms with van der Waals surface area (Å²) < 4.78 is 12.5. The molecular weight excluding hydrogens is 341 g/mol. The molecule has 1 aromatic carbocycles. The van der Waals surface area contributed by atoms with Crippen molar-refractivity contribution in [3.63, 3.8) is 0 Å². The Morgan fingerprint density at radius 1 is 1.44 bits per heavy atom. The van der Waals surface area contributed by atoms with E-state index in [0.29, 0.717) is 12.6 Å². The minimum Gasteiger partial charge on any atom is -0.459 e. The van der Waals surface area contributed by atoms with Crippen molar-refractivity contribution in [3.8, 4) is 0 Å². The molecule has 0 unspecified atom stereocenters. The van der Waals surface area contributed by atoms with Crippen LogP contribution in [0, 0.1) is 3.57 Å². The van der Waals surface area contributed by atoms with Gasteiger partial charge in [-0.3, -0.25) is 0 Å². The Morgan fingerprint density at radius 3 is 3.00 bits per heavy atom. The SMILES string of the molecule is COCc1c(CNC2CC2)oc2ccc(I)cc12. The molecule has 0 radical (unpaired) electrons. The van der Waals surface area contributed by atoms with Crippen molar-refractivity contribution in [1.82, 2.24) is 5.32 Å². The van der Waals surface area contributed by atoms with Gasteiger partial charge in [0.15, 0.2) is 0 Å². The van der Waals surface area contributed by atoms with E-state index < -0.39 is 0 Å². The van der Waals surface area contributed by atoms with Crippen LogP contribution >= 0.6 is 22.6 Å². The molecule has 2 aromatic rings. The van der Waals surface area contributed by atoms with Crippen molar-refractivity contribution in [2.24, 2.45) is 0 Å². The lowest BCUT2D eigenvalue weighted by molar-refractivity contribution is 0.183. The molecule has 0 amide bonds. The van der Waals surface area contributed by atoms with Crippen molar-refractivity contribution in [3.05, 3.63) is 33.1 Å². The first-order chi connectivity index (χ1) is 8.78. The summed E-state index contributed by atoms with van der Waals surface area (Å²) in [5, 5.41) is 4.67. The Bertz CT molecular complexity index is 560. The minimum atomic E-state index is 0.606. The highest BCUT2D eigenvalue weighted by Gasteiger charge is 2.22. The molecule has 0 atom stereocenters. The maximum Gasteiger partial charge on any atom is 0.134 e. The summed E-state index contributed by atoms with van der Waals surface area (Å²) in [4.78, 5) is 0. The number of methoxy groups -OCH3 is 1. The lowest BCUT2D eigenvalue weighted by Crippen LogP contribution is -2.15. The molecule has 3 nitrogen and oxygen atoms in total. The molecule has 0 bridgehead atoms. The minimum absolute atomic E-state index is 0.606. The van der Waals surface area contributed by atoms with Crippen LogP contribution in [0.4, 0.5) is 0 Å². The van der Waals surface area contributed by atoms with Gasteiger partial charge in [0.25, 0.3) is 0 Å². The van der Waals surface area contributed by atoms with E-state index in [1.54, 1.807) is 7.11 Å². The van der Waals surface area contributed by atoms with E-state index in [0.717, 1.165) is 17.9 Å². The normalized spacial score (nSPS) is 15.4. The van der Waals surface area contributed by atoms with Gasteiger partial charge in [0, 0.05) is 27.7 Å². The van der Waals surface area contributed by atoms with Gasteiger partial charge in [-0.2, -0.15) is 0 Å². The van der Waals surface area contributed by atoms with E-state index in [1.165, 1.54) is 27.4 Å². The number of hydrogen-bond donors (Lipinski definition) is 1. The van der Waals surface area contributed by atoms with E-state index >= 15 is 0 Å². The van der Waals surface area contributed by atoms with Crippen LogP contribution in [0.2, 0.25) is 0 Å². The summed E-state index contributed by atoms with van der Waals surface area (Å²) >= 11 is 2.33. The zero-order valence-corrected chi connectivity index (χ0v) is 12.5. The number of nitrogens with one attached hydrogen (secondary N) is 1. The second-order valence-electron chi connectivity index (χ2n) is 4.73. The molecule has 0 aliphatic heterocycles. The van der Waals surface area contributed by atoms with Gasteiger partial charge in [-0.25, -0.2) is 0 Å². The first-order valence-corrected chi connectivity index (χ1v) is 7.28. The molecule has 1 saturated carbocycles. The number of hydrogen-bond acceptors (Lipinski definition) is 3. The van der Waals surface area contributed by atoms with Crippen LogP contribution in [0.1, 0.15) is 24.2 Å². The molecule has 1 aliphatic carbocycles. The predicted octanol–water partition coefficient (Wildman–Crippen LogP) is 3.44. The molecule has 1 heterocycles. The molecule has 1 N–H and O–H groups in total. The van der Waals surface area contributed by atoms with E-state index in [1.807, 2.05) is 6.07 Å². The van der Waals surface area contributed by atoms with Gasteiger partial charge in [-0.15, -0.1) is 0 Å². The van der Waals surface area contributed by atoms with Gasteiger partial charge in [-0.05, 0) is 53.6 Å². The van der Waals surface area contributed by atoms with Crippen molar-refractivity contribution in [1.29, 1.82) is 0 Å². The standard InChI is InChI=1S/C14H16INO2/c1-17-8-12-11-6-9(15)2-5-13(11)18-14(12)7-16-10-3-4-10/h2,5-6,10,16H,3-4,7-8H2,1H3. The molecule has 1 fully saturated rings. The highest BCUT2D eigenvalue weighted by molar-refractivity contribution is 14.1. The molecule has 4 heteroatoms. The maximum atomic E-state index is 5.94. The van der Waals surface area contributed by atoms with E-state index in [2.05, 4.69) is 40.0 Å². The average molecular weight is 357 g/mol. The first-order valence-electron chi connectivity index (χ1n) is 6.20. The summed E-state index contributed by atoms with van der Waals surface area (Å²) in [6.45, 7) is 1.41. The molecular formula is C14H16INO2. The molecule has 1 aliphatic rings. The molecule has 0 spiro atoms. The van der Waals surface area contributed by atoms with Crippen LogP contribution in [0.3, 0.4) is 0 Å². The quantitative estimate of drug-likeness (QED) is 0.833. The van der Waals surface area contributed by atoms with Crippen LogP contribution in [0.25, 0.3) is 11.0 Å². The van der Waals surface area contributed by atoms with Crippen LogP contribution in [0.15, 0.2) is 22.6 Å². The third-order valence-corrected chi connectivity index (χ3v) is 3.92. The summed E-state index contributed by atoms with van der Waals surface area (Å²) in [5.41, 5.74) is 2.13. The summed E-state index contributed by atoms with van der Waals surface area (Å²) in [5.74, 6) is 1.01. The fraction of sp³-hybridized carbons (Fsp3) is 0.429. The molecule has 0 saturated heterocycles. The largest absolute Gasteiger partial charge is 0.459 e. The lowest BCUT2D eigenvalue weighted by atomic mass is 10.1. The van der Waals surface area contributed by atoms with Gasteiger partial charge in [0.05, 0.1) is 13.2 Å². The number of benzene rings is 1. The van der Waals surface area contributed by atoms with E-state index in [4.69, 9.17) is 9.15 Å². The summed E-state index contributed by atoms with van der Waals surface area (Å²) in [6.07, 6.45) is 2.58. The van der Waals surface area contributed by atoms with Gasteiger partial charge in [0.2, 0.25) is 0 Å². The van der Waals surface area contributed by atoms with Crippen molar-refractivity contribution >= 4 is 33.6 Å². The Hall–Kier alpha value is -0.590. The second kappa shape index (κ2) is 5.19. The predicted molar refractivity (Wildman–Crippen MR) is 79.5 cm³/mol. The van der Waals surface area contributed by atoms with Gasteiger partial charge in [0.1, 0.15) is 11.3 Å². The van der Waals surface area contributed by atoms with Crippen molar-refractivity contribution in [2.75, 3.05) is 7.11 Å². The van der Waals surface area contributed by atoms with Crippen molar-refractivity contribution < 1.29 is 9.15 Å². The zero-order chi connectivity index (χ0) is 12.5. The lowest BCUT2D eigenvalue weighted by Gasteiger charge is -2.03. The number of fused-ring (bicyclic) bond motifs is 1. The number of halogens is 1. The van der Waals surface area contributed by atoms with Crippen LogP contribution in [0.5, 0.6) is 0 Å². The molecule has 1 aromatic heterocycles. The Morgan fingerprint density at radius 2 is 2.28 bits per heavy atom. The Balaban J connectivity index is 1.96. The molecule has 96 valence electrons. The van der Waals surface area contributed by atoms with Gasteiger partial charge in [-0.1, -0.05) is 0 Å². The number of furan rings is 1. The van der Waals surface area contributed by atoms with Crippen LogP contribution < -0.4 is 5.32 Å². The number of rotatable bonds is 5. The Labute approximate surface area is 120 Å². The topological polar surface area (TPSA) is 34.4 Å². The molecule has 18 heavy (non-hydrogen) atoms. The third-order valence-electron chi connectivity index (χ3n) is 3.25. The van der Waals surface area contributed by atoms with Crippen LogP contribution in [-0.2, 0) is 17.9 Å². The van der Waals surface area contributed by atoms with E-state index in [9.17, 15) is 0 Å². The van der Waals surface area contributed by atoms with E-state index in [-0.39, 0.29) is 0 Å². The highest BCUT2D eigenvalue weighted by Crippen LogP contribution is 2.29. The van der Waals surface area contributed by atoms with Crippen molar-refractivity contribution in [2.45, 2.75) is 32.0 Å². The smallest absolute Gasteiger partial charge is 0.134 e. The third kappa shape index (κ3) is 2.55. The first kappa shape index (κ1) is 12.4. The van der Waals surface area contributed by atoms with Gasteiger partial charge < -0.3 is 14.5 Å². The molecule has 3 rings (SSSR count).